The predicted molar refractivity (Wildman–Crippen MR) is 130 cm³/mol. The fourth-order valence-corrected chi connectivity index (χ4v) is 3.05. The zero-order valence-corrected chi connectivity index (χ0v) is 20.1. The summed E-state index contributed by atoms with van der Waals surface area (Å²) in [6.07, 6.45) is -4.66. The second-order valence-corrected chi connectivity index (χ2v) is 7.83. The number of carbonyl (C=O) groups excluding carboxylic acids is 3. The summed E-state index contributed by atoms with van der Waals surface area (Å²) in [5, 5.41) is 5.66. The molecule has 0 aliphatic carbocycles. The summed E-state index contributed by atoms with van der Waals surface area (Å²) < 4.78 is 49.0. The van der Waals surface area contributed by atoms with Crippen LogP contribution in [0.15, 0.2) is 71.8 Å². The van der Waals surface area contributed by atoms with Crippen molar-refractivity contribution >= 4 is 40.8 Å². The fourth-order valence-electron chi connectivity index (χ4n) is 2.88. The molecule has 0 atom stereocenters. The zero-order valence-electron chi connectivity index (χ0n) is 19.4. The lowest BCUT2D eigenvalue weighted by Crippen LogP contribution is -2.33. The fraction of sp³-hybridized carbons (Fsp3) is 0.120. The number of halogens is 4. The number of alkyl halides is 3. The number of nitrogens with one attached hydrogen (secondary N) is 2. The Labute approximate surface area is 214 Å². The molecule has 2 amide bonds. The lowest BCUT2D eigenvalue weighted by molar-refractivity contribution is -0.137. The number of ether oxygens (including phenoxy) is 2. The SMILES string of the molecule is COc1ccc(C(=O)Oc2ccc(C(C)=NNC(=O)C(=O)Nc3cc(C(F)(F)F)ccc3Cl)cc2)cc1. The van der Waals surface area contributed by atoms with E-state index >= 15 is 0 Å². The third-order valence-electron chi connectivity index (χ3n) is 4.88. The van der Waals surface area contributed by atoms with E-state index in [1.54, 1.807) is 43.3 Å². The lowest BCUT2D eigenvalue weighted by Gasteiger charge is -2.11. The number of esters is 1. The van der Waals surface area contributed by atoms with Gasteiger partial charge in [-0.1, -0.05) is 11.6 Å². The summed E-state index contributed by atoms with van der Waals surface area (Å²) >= 11 is 5.82. The maximum Gasteiger partial charge on any atom is 0.416 e. The van der Waals surface area contributed by atoms with Gasteiger partial charge in [-0.15, -0.1) is 0 Å². The molecule has 0 saturated heterocycles. The number of carbonyl (C=O) groups is 3. The second-order valence-electron chi connectivity index (χ2n) is 7.43. The van der Waals surface area contributed by atoms with Gasteiger partial charge in [0.15, 0.2) is 0 Å². The Bertz CT molecular complexity index is 1340. The molecule has 0 spiro atoms. The van der Waals surface area contributed by atoms with Crippen molar-refractivity contribution in [2.45, 2.75) is 13.1 Å². The Balaban J connectivity index is 1.59. The summed E-state index contributed by atoms with van der Waals surface area (Å²) in [6.45, 7) is 1.54. The van der Waals surface area contributed by atoms with E-state index in [2.05, 4.69) is 5.10 Å². The van der Waals surface area contributed by atoms with Crippen molar-refractivity contribution in [2.75, 3.05) is 12.4 Å². The van der Waals surface area contributed by atoms with E-state index in [1.165, 1.54) is 19.2 Å². The van der Waals surface area contributed by atoms with Crippen LogP contribution in [0.5, 0.6) is 11.5 Å². The van der Waals surface area contributed by atoms with Crippen LogP contribution in [0.25, 0.3) is 0 Å². The Hall–Kier alpha value is -4.38. The van der Waals surface area contributed by atoms with Crippen molar-refractivity contribution in [1.29, 1.82) is 0 Å². The average Bonchev–Trinajstić information content (AvgIpc) is 2.88. The van der Waals surface area contributed by atoms with Crippen LogP contribution in [0.2, 0.25) is 5.02 Å². The predicted octanol–water partition coefficient (Wildman–Crippen LogP) is 5.07. The quantitative estimate of drug-likeness (QED) is 0.151. The van der Waals surface area contributed by atoms with E-state index < -0.39 is 29.5 Å². The minimum absolute atomic E-state index is 0.179. The molecule has 0 bridgehead atoms. The standard InChI is InChI=1S/C25H19ClF3N3O5/c1-14(15-3-10-19(11-4-15)37-24(35)16-5-8-18(36-2)9-6-16)31-32-23(34)22(33)30-21-13-17(25(27,28)29)7-12-20(21)26/h3-13H,1-2H3,(H,30,33)(H,32,34). The third kappa shape index (κ3) is 7.31. The molecule has 0 heterocycles. The van der Waals surface area contributed by atoms with E-state index in [0.717, 1.165) is 12.1 Å². The Morgan fingerprint density at radius 2 is 1.46 bits per heavy atom. The molecule has 192 valence electrons. The molecule has 0 aliphatic heterocycles. The molecule has 0 radical (unpaired) electrons. The smallest absolute Gasteiger partial charge is 0.416 e. The van der Waals surface area contributed by atoms with Crippen LogP contribution in [0.4, 0.5) is 18.9 Å². The Kier molecular flexibility index (Phi) is 8.51. The lowest BCUT2D eigenvalue weighted by atomic mass is 10.1. The molecule has 0 aliphatic rings. The number of hydrogen-bond acceptors (Lipinski definition) is 6. The highest BCUT2D eigenvalue weighted by Crippen LogP contribution is 2.33. The molecule has 2 N–H and O–H groups in total. The van der Waals surface area contributed by atoms with Gasteiger partial charge in [0.05, 0.1) is 34.7 Å². The first-order valence-corrected chi connectivity index (χ1v) is 10.8. The van der Waals surface area contributed by atoms with Crippen molar-refractivity contribution in [3.8, 4) is 11.5 Å². The largest absolute Gasteiger partial charge is 0.497 e. The van der Waals surface area contributed by atoms with E-state index in [-0.39, 0.29) is 16.5 Å². The van der Waals surface area contributed by atoms with Crippen molar-refractivity contribution in [3.05, 3.63) is 88.4 Å². The van der Waals surface area contributed by atoms with Crippen LogP contribution in [0.1, 0.15) is 28.4 Å². The van der Waals surface area contributed by atoms with Crippen LogP contribution < -0.4 is 20.2 Å². The van der Waals surface area contributed by atoms with E-state index in [9.17, 15) is 27.6 Å². The van der Waals surface area contributed by atoms with Gasteiger partial charge in [0.25, 0.3) is 0 Å². The molecule has 37 heavy (non-hydrogen) atoms. The maximum atomic E-state index is 12.9. The number of hydrogen-bond donors (Lipinski definition) is 2. The molecular formula is C25H19ClF3N3O5. The number of methoxy groups -OCH3 is 1. The van der Waals surface area contributed by atoms with Gasteiger partial charge in [0.1, 0.15) is 11.5 Å². The molecular weight excluding hydrogens is 515 g/mol. The summed E-state index contributed by atoms with van der Waals surface area (Å²) in [7, 11) is 1.51. The topological polar surface area (TPSA) is 106 Å². The van der Waals surface area contributed by atoms with Crippen LogP contribution in [0, 0.1) is 0 Å². The van der Waals surface area contributed by atoms with Crippen LogP contribution >= 0.6 is 11.6 Å². The van der Waals surface area contributed by atoms with Crippen molar-refractivity contribution in [2.24, 2.45) is 5.10 Å². The third-order valence-corrected chi connectivity index (χ3v) is 5.21. The van der Waals surface area contributed by atoms with Crippen LogP contribution in [-0.4, -0.2) is 30.6 Å². The van der Waals surface area contributed by atoms with Gasteiger partial charge >= 0.3 is 24.0 Å². The number of rotatable bonds is 6. The molecule has 0 unspecified atom stereocenters. The molecule has 0 saturated carbocycles. The maximum absolute atomic E-state index is 12.9. The van der Waals surface area contributed by atoms with Gasteiger partial charge in [-0.2, -0.15) is 18.3 Å². The van der Waals surface area contributed by atoms with E-state index in [1.807, 2.05) is 10.7 Å². The molecule has 3 rings (SSSR count). The van der Waals surface area contributed by atoms with Gasteiger partial charge in [0, 0.05) is 0 Å². The minimum Gasteiger partial charge on any atom is -0.497 e. The monoisotopic (exact) mass is 533 g/mol. The highest BCUT2D eigenvalue weighted by Gasteiger charge is 2.31. The Morgan fingerprint density at radius 3 is 2.05 bits per heavy atom. The number of nitrogens with zero attached hydrogens (tertiary/aromatic N) is 1. The minimum atomic E-state index is -4.66. The molecule has 0 aromatic heterocycles. The number of benzene rings is 3. The summed E-state index contributed by atoms with van der Waals surface area (Å²) in [6, 6.07) is 14.9. The first-order valence-electron chi connectivity index (χ1n) is 10.5. The average molecular weight is 534 g/mol. The van der Waals surface area contributed by atoms with Crippen molar-refractivity contribution in [3.63, 3.8) is 0 Å². The molecule has 0 fully saturated rings. The van der Waals surface area contributed by atoms with Gasteiger partial charge in [-0.05, 0) is 79.2 Å². The zero-order chi connectivity index (χ0) is 27.2. The summed E-state index contributed by atoms with van der Waals surface area (Å²) in [5.41, 5.74) is 1.76. The van der Waals surface area contributed by atoms with Gasteiger partial charge in [-0.3, -0.25) is 9.59 Å². The first-order chi connectivity index (χ1) is 17.5. The van der Waals surface area contributed by atoms with Crippen LogP contribution in [-0.2, 0) is 15.8 Å². The number of anilines is 1. The first kappa shape index (κ1) is 27.2. The van der Waals surface area contributed by atoms with Crippen LogP contribution in [0.3, 0.4) is 0 Å². The molecule has 3 aromatic rings. The number of hydrazone groups is 1. The van der Waals surface area contributed by atoms with Gasteiger partial charge in [0.2, 0.25) is 0 Å². The van der Waals surface area contributed by atoms with Gasteiger partial charge in [-0.25, -0.2) is 10.2 Å². The molecule has 3 aromatic carbocycles. The van der Waals surface area contributed by atoms with Gasteiger partial charge < -0.3 is 14.8 Å². The highest BCUT2D eigenvalue weighted by molar-refractivity contribution is 6.41. The summed E-state index contributed by atoms with van der Waals surface area (Å²) in [5.74, 6) is -2.20. The number of amides is 2. The van der Waals surface area contributed by atoms with Crippen molar-refractivity contribution in [1.82, 2.24) is 5.43 Å². The molecule has 8 nitrogen and oxygen atoms in total. The highest BCUT2D eigenvalue weighted by atomic mass is 35.5. The molecule has 12 heteroatoms. The van der Waals surface area contributed by atoms with Crippen molar-refractivity contribution < 1.29 is 37.0 Å². The Morgan fingerprint density at radius 1 is 0.865 bits per heavy atom. The summed E-state index contributed by atoms with van der Waals surface area (Å²) in [4.78, 5) is 36.4. The second kappa shape index (κ2) is 11.6. The van der Waals surface area contributed by atoms with E-state index in [0.29, 0.717) is 28.7 Å². The van der Waals surface area contributed by atoms with E-state index in [4.69, 9.17) is 21.1 Å². The normalized spacial score (nSPS) is 11.5.